The lowest BCUT2D eigenvalue weighted by Crippen LogP contribution is -2.35. The minimum absolute atomic E-state index is 0.207. The van der Waals surface area contributed by atoms with Crippen LogP contribution in [0.5, 0.6) is 0 Å². The van der Waals surface area contributed by atoms with E-state index >= 15 is 0 Å². The SMILES string of the molecule is c1ccc2c(c1)CC(NCC1OCCc3ccccc31)C2. The molecule has 0 saturated carbocycles. The van der Waals surface area contributed by atoms with Crippen molar-refractivity contribution >= 4 is 0 Å². The van der Waals surface area contributed by atoms with Crippen LogP contribution < -0.4 is 5.32 Å². The van der Waals surface area contributed by atoms with Gasteiger partial charge in [0.2, 0.25) is 0 Å². The molecule has 2 aliphatic rings. The van der Waals surface area contributed by atoms with Crippen molar-refractivity contribution in [3.05, 3.63) is 70.8 Å². The molecule has 4 rings (SSSR count). The van der Waals surface area contributed by atoms with Crippen LogP contribution in [0.25, 0.3) is 0 Å². The van der Waals surface area contributed by atoms with Gasteiger partial charge in [-0.2, -0.15) is 0 Å². The van der Waals surface area contributed by atoms with E-state index in [2.05, 4.69) is 53.8 Å². The normalized spacial score (nSPS) is 21.0. The van der Waals surface area contributed by atoms with Crippen LogP contribution in [0.4, 0.5) is 0 Å². The summed E-state index contributed by atoms with van der Waals surface area (Å²) in [5, 5.41) is 3.71. The molecule has 0 aromatic heterocycles. The number of benzene rings is 2. The van der Waals surface area contributed by atoms with E-state index in [0.717, 1.165) is 32.4 Å². The lowest BCUT2D eigenvalue weighted by molar-refractivity contribution is 0.0408. The molecule has 108 valence electrons. The smallest absolute Gasteiger partial charge is 0.0952 e. The molecule has 0 fully saturated rings. The van der Waals surface area contributed by atoms with Crippen molar-refractivity contribution in [1.82, 2.24) is 5.32 Å². The highest BCUT2D eigenvalue weighted by atomic mass is 16.5. The summed E-state index contributed by atoms with van der Waals surface area (Å²) in [6, 6.07) is 18.0. The number of hydrogen-bond acceptors (Lipinski definition) is 2. The maximum Gasteiger partial charge on any atom is 0.0952 e. The van der Waals surface area contributed by atoms with Gasteiger partial charge in [0, 0.05) is 12.6 Å². The lowest BCUT2D eigenvalue weighted by atomic mass is 9.97. The van der Waals surface area contributed by atoms with Crippen LogP contribution >= 0.6 is 0 Å². The molecule has 1 unspecified atom stereocenters. The third kappa shape index (κ3) is 2.61. The highest BCUT2D eigenvalue weighted by molar-refractivity contribution is 5.34. The van der Waals surface area contributed by atoms with Crippen LogP contribution in [0.15, 0.2) is 48.5 Å². The lowest BCUT2D eigenvalue weighted by Gasteiger charge is -2.27. The van der Waals surface area contributed by atoms with Crippen LogP contribution in [0, 0.1) is 0 Å². The molecule has 1 aliphatic heterocycles. The van der Waals surface area contributed by atoms with Crippen molar-refractivity contribution in [2.45, 2.75) is 31.4 Å². The minimum atomic E-state index is 0.207. The van der Waals surface area contributed by atoms with Gasteiger partial charge in [-0.1, -0.05) is 48.5 Å². The summed E-state index contributed by atoms with van der Waals surface area (Å²) >= 11 is 0. The summed E-state index contributed by atoms with van der Waals surface area (Å²) in [4.78, 5) is 0. The van der Waals surface area contributed by atoms with Crippen LogP contribution in [0.2, 0.25) is 0 Å². The Balaban J connectivity index is 1.41. The fourth-order valence-electron chi connectivity index (χ4n) is 3.62. The molecule has 2 heteroatoms. The van der Waals surface area contributed by atoms with Gasteiger partial charge in [0.15, 0.2) is 0 Å². The Morgan fingerprint density at radius 2 is 1.57 bits per heavy atom. The minimum Gasteiger partial charge on any atom is -0.372 e. The van der Waals surface area contributed by atoms with Crippen LogP contribution in [0.1, 0.15) is 28.4 Å². The number of nitrogens with one attached hydrogen (secondary N) is 1. The molecule has 2 aromatic carbocycles. The topological polar surface area (TPSA) is 21.3 Å². The van der Waals surface area contributed by atoms with E-state index in [1.807, 2.05) is 0 Å². The molecule has 0 radical (unpaired) electrons. The largest absolute Gasteiger partial charge is 0.372 e. The van der Waals surface area contributed by atoms with Gasteiger partial charge >= 0.3 is 0 Å². The molecular formula is C19H21NO. The molecule has 0 spiro atoms. The van der Waals surface area contributed by atoms with E-state index in [0.29, 0.717) is 6.04 Å². The molecule has 0 amide bonds. The number of rotatable bonds is 3. The van der Waals surface area contributed by atoms with Crippen LogP contribution in [-0.4, -0.2) is 19.2 Å². The van der Waals surface area contributed by atoms with Crippen molar-refractivity contribution in [1.29, 1.82) is 0 Å². The average Bonchev–Trinajstić information content (AvgIpc) is 2.96. The van der Waals surface area contributed by atoms with Crippen molar-refractivity contribution in [2.75, 3.05) is 13.2 Å². The van der Waals surface area contributed by atoms with E-state index in [4.69, 9.17) is 4.74 Å². The van der Waals surface area contributed by atoms with Gasteiger partial charge in [-0.3, -0.25) is 0 Å². The second-order valence-corrected chi connectivity index (χ2v) is 6.09. The van der Waals surface area contributed by atoms with Crippen LogP contribution in [-0.2, 0) is 24.0 Å². The highest BCUT2D eigenvalue weighted by Gasteiger charge is 2.24. The van der Waals surface area contributed by atoms with Gasteiger partial charge in [-0.15, -0.1) is 0 Å². The summed E-state index contributed by atoms with van der Waals surface area (Å²) in [5.74, 6) is 0. The van der Waals surface area contributed by atoms with E-state index in [1.54, 1.807) is 0 Å². The maximum atomic E-state index is 5.98. The summed E-state index contributed by atoms with van der Waals surface area (Å²) in [7, 11) is 0. The molecule has 1 heterocycles. The molecule has 1 atom stereocenters. The molecule has 1 N–H and O–H groups in total. The Bertz CT molecular complexity index is 612. The third-order valence-corrected chi connectivity index (χ3v) is 4.74. The van der Waals surface area contributed by atoms with Gasteiger partial charge in [-0.25, -0.2) is 0 Å². The second-order valence-electron chi connectivity index (χ2n) is 6.09. The predicted molar refractivity (Wildman–Crippen MR) is 84.5 cm³/mol. The van der Waals surface area contributed by atoms with Gasteiger partial charge in [0.1, 0.15) is 0 Å². The first-order valence-electron chi connectivity index (χ1n) is 7.90. The van der Waals surface area contributed by atoms with E-state index in [-0.39, 0.29) is 6.10 Å². The quantitative estimate of drug-likeness (QED) is 0.932. The Labute approximate surface area is 126 Å². The average molecular weight is 279 g/mol. The van der Waals surface area contributed by atoms with E-state index in [1.165, 1.54) is 22.3 Å². The zero-order valence-electron chi connectivity index (χ0n) is 12.2. The summed E-state index contributed by atoms with van der Waals surface area (Å²) in [6.45, 7) is 1.75. The Kier molecular flexibility index (Phi) is 3.50. The predicted octanol–water partition coefficient (Wildman–Crippen LogP) is 3.06. The fourth-order valence-corrected chi connectivity index (χ4v) is 3.62. The Morgan fingerprint density at radius 3 is 2.33 bits per heavy atom. The molecule has 0 bridgehead atoms. The maximum absolute atomic E-state index is 5.98. The van der Waals surface area contributed by atoms with Crippen molar-refractivity contribution in [3.8, 4) is 0 Å². The zero-order valence-corrected chi connectivity index (χ0v) is 12.2. The summed E-state index contributed by atoms with van der Waals surface area (Å²) in [5.41, 5.74) is 5.82. The zero-order chi connectivity index (χ0) is 14.1. The van der Waals surface area contributed by atoms with E-state index < -0.39 is 0 Å². The third-order valence-electron chi connectivity index (χ3n) is 4.74. The van der Waals surface area contributed by atoms with Gasteiger partial charge in [0.05, 0.1) is 12.7 Å². The first-order valence-corrected chi connectivity index (χ1v) is 7.90. The van der Waals surface area contributed by atoms with Gasteiger partial charge < -0.3 is 10.1 Å². The van der Waals surface area contributed by atoms with Gasteiger partial charge in [-0.05, 0) is 41.5 Å². The number of fused-ring (bicyclic) bond motifs is 2. The Hall–Kier alpha value is -1.64. The molecule has 21 heavy (non-hydrogen) atoms. The van der Waals surface area contributed by atoms with Crippen LogP contribution in [0.3, 0.4) is 0 Å². The summed E-state index contributed by atoms with van der Waals surface area (Å²) in [6.07, 6.45) is 3.54. The highest BCUT2D eigenvalue weighted by Crippen LogP contribution is 2.27. The van der Waals surface area contributed by atoms with E-state index in [9.17, 15) is 0 Å². The first kappa shape index (κ1) is 13.1. The fraction of sp³-hybridized carbons (Fsp3) is 0.368. The molecule has 2 nitrogen and oxygen atoms in total. The van der Waals surface area contributed by atoms with Crippen molar-refractivity contribution < 1.29 is 4.74 Å². The molecule has 0 saturated heterocycles. The molecule has 2 aromatic rings. The molecule has 1 aliphatic carbocycles. The van der Waals surface area contributed by atoms with Crippen molar-refractivity contribution in [2.24, 2.45) is 0 Å². The van der Waals surface area contributed by atoms with Gasteiger partial charge in [0.25, 0.3) is 0 Å². The summed E-state index contributed by atoms with van der Waals surface area (Å²) < 4.78 is 5.98. The second kappa shape index (κ2) is 5.63. The Morgan fingerprint density at radius 1 is 0.905 bits per heavy atom. The first-order chi connectivity index (χ1) is 10.4. The van der Waals surface area contributed by atoms with Crippen molar-refractivity contribution in [3.63, 3.8) is 0 Å². The monoisotopic (exact) mass is 279 g/mol. The standard InChI is InChI=1S/C19H21NO/c1-2-7-16-12-17(11-15(16)6-1)20-13-19-18-8-4-3-5-14(18)9-10-21-19/h1-8,17,19-20H,9-13H2. The number of hydrogen-bond donors (Lipinski definition) is 1. The number of ether oxygens (including phenoxy) is 1. The molecular weight excluding hydrogens is 258 g/mol.